The summed E-state index contributed by atoms with van der Waals surface area (Å²) >= 11 is 0. The SMILES string of the molecule is CC(C)NCc1ccc(N(C)CCCCCO)c(F)c1. The quantitative estimate of drug-likeness (QED) is 0.684. The summed E-state index contributed by atoms with van der Waals surface area (Å²) in [7, 11) is 1.91. The van der Waals surface area contributed by atoms with E-state index in [1.54, 1.807) is 6.07 Å². The van der Waals surface area contributed by atoms with Crippen LogP contribution < -0.4 is 10.2 Å². The van der Waals surface area contributed by atoms with Crippen LogP contribution in [0.25, 0.3) is 0 Å². The molecule has 1 rings (SSSR count). The van der Waals surface area contributed by atoms with Crippen molar-refractivity contribution in [2.24, 2.45) is 0 Å². The summed E-state index contributed by atoms with van der Waals surface area (Å²) < 4.78 is 14.1. The molecular formula is C16H27FN2O. The molecule has 4 heteroatoms. The van der Waals surface area contributed by atoms with Gasteiger partial charge < -0.3 is 15.3 Å². The van der Waals surface area contributed by atoms with Gasteiger partial charge in [0.1, 0.15) is 5.82 Å². The van der Waals surface area contributed by atoms with Crippen LogP contribution in [-0.2, 0) is 6.54 Å². The summed E-state index contributed by atoms with van der Waals surface area (Å²) in [5.41, 5.74) is 1.61. The summed E-state index contributed by atoms with van der Waals surface area (Å²) in [6.45, 7) is 5.88. The van der Waals surface area contributed by atoms with Crippen molar-refractivity contribution in [1.82, 2.24) is 5.32 Å². The summed E-state index contributed by atoms with van der Waals surface area (Å²) in [5, 5.41) is 12.0. The molecule has 0 aliphatic rings. The van der Waals surface area contributed by atoms with E-state index in [4.69, 9.17) is 5.11 Å². The Morgan fingerprint density at radius 2 is 2.00 bits per heavy atom. The molecule has 0 heterocycles. The molecule has 0 spiro atoms. The zero-order valence-corrected chi connectivity index (χ0v) is 12.8. The molecule has 1 aromatic carbocycles. The molecule has 0 aliphatic heterocycles. The highest BCUT2D eigenvalue weighted by Crippen LogP contribution is 2.20. The molecule has 0 unspecified atom stereocenters. The van der Waals surface area contributed by atoms with Crippen LogP contribution >= 0.6 is 0 Å². The number of halogens is 1. The zero-order chi connectivity index (χ0) is 15.0. The Hall–Kier alpha value is -1.13. The number of benzene rings is 1. The lowest BCUT2D eigenvalue weighted by Gasteiger charge is -2.20. The number of hydrogen-bond donors (Lipinski definition) is 2. The molecular weight excluding hydrogens is 255 g/mol. The molecule has 0 saturated carbocycles. The van der Waals surface area contributed by atoms with E-state index < -0.39 is 0 Å². The molecule has 0 atom stereocenters. The molecule has 0 bridgehead atoms. The number of nitrogens with zero attached hydrogens (tertiary/aromatic N) is 1. The third-order valence-corrected chi connectivity index (χ3v) is 3.29. The van der Waals surface area contributed by atoms with E-state index >= 15 is 0 Å². The smallest absolute Gasteiger partial charge is 0.146 e. The van der Waals surface area contributed by atoms with Gasteiger partial charge in [0, 0.05) is 32.8 Å². The van der Waals surface area contributed by atoms with Crippen LogP contribution in [0, 0.1) is 5.82 Å². The molecule has 114 valence electrons. The first-order chi connectivity index (χ1) is 9.54. The van der Waals surface area contributed by atoms with E-state index in [1.807, 2.05) is 24.1 Å². The number of rotatable bonds is 9. The fourth-order valence-electron chi connectivity index (χ4n) is 2.05. The van der Waals surface area contributed by atoms with E-state index in [9.17, 15) is 4.39 Å². The van der Waals surface area contributed by atoms with Crippen molar-refractivity contribution >= 4 is 5.69 Å². The van der Waals surface area contributed by atoms with Gasteiger partial charge in [0.15, 0.2) is 0 Å². The maximum absolute atomic E-state index is 14.1. The Kier molecular flexibility index (Phi) is 7.55. The first-order valence-electron chi connectivity index (χ1n) is 7.38. The number of nitrogens with one attached hydrogen (secondary N) is 1. The first-order valence-corrected chi connectivity index (χ1v) is 7.38. The van der Waals surface area contributed by atoms with Gasteiger partial charge in [-0.05, 0) is 37.0 Å². The highest BCUT2D eigenvalue weighted by atomic mass is 19.1. The number of anilines is 1. The van der Waals surface area contributed by atoms with Crippen molar-refractivity contribution in [1.29, 1.82) is 0 Å². The van der Waals surface area contributed by atoms with Crippen LogP contribution in [-0.4, -0.2) is 31.3 Å². The van der Waals surface area contributed by atoms with Crippen LogP contribution in [0.5, 0.6) is 0 Å². The van der Waals surface area contributed by atoms with Gasteiger partial charge in [-0.2, -0.15) is 0 Å². The lowest BCUT2D eigenvalue weighted by molar-refractivity contribution is 0.283. The molecule has 20 heavy (non-hydrogen) atoms. The number of hydrogen-bond acceptors (Lipinski definition) is 3. The summed E-state index contributed by atoms with van der Waals surface area (Å²) in [6.07, 6.45) is 2.75. The van der Waals surface area contributed by atoms with Gasteiger partial charge in [0.05, 0.1) is 5.69 Å². The van der Waals surface area contributed by atoms with Crippen LogP contribution in [0.4, 0.5) is 10.1 Å². The van der Waals surface area contributed by atoms with Gasteiger partial charge in [0.2, 0.25) is 0 Å². The molecule has 0 fully saturated rings. The van der Waals surface area contributed by atoms with Gasteiger partial charge in [-0.3, -0.25) is 0 Å². The van der Waals surface area contributed by atoms with E-state index in [0.717, 1.165) is 31.4 Å². The molecule has 0 saturated heterocycles. The van der Waals surface area contributed by atoms with E-state index in [-0.39, 0.29) is 12.4 Å². The lowest BCUT2D eigenvalue weighted by atomic mass is 10.1. The van der Waals surface area contributed by atoms with Crippen molar-refractivity contribution in [3.05, 3.63) is 29.6 Å². The standard InChI is InChI=1S/C16H27FN2O/c1-13(2)18-12-14-7-8-16(15(17)11-14)19(3)9-5-4-6-10-20/h7-8,11,13,18,20H,4-6,9-10,12H2,1-3H3. The Morgan fingerprint density at radius 3 is 2.60 bits per heavy atom. The Labute approximate surface area is 121 Å². The monoisotopic (exact) mass is 282 g/mol. The number of aliphatic hydroxyl groups is 1. The van der Waals surface area contributed by atoms with Crippen molar-refractivity contribution in [3.8, 4) is 0 Å². The van der Waals surface area contributed by atoms with Crippen molar-refractivity contribution in [2.75, 3.05) is 25.1 Å². The van der Waals surface area contributed by atoms with Crippen molar-refractivity contribution < 1.29 is 9.50 Å². The van der Waals surface area contributed by atoms with Crippen molar-refractivity contribution in [2.45, 2.75) is 45.7 Å². The minimum atomic E-state index is -0.169. The van der Waals surface area contributed by atoms with Crippen LogP contribution in [0.3, 0.4) is 0 Å². The maximum Gasteiger partial charge on any atom is 0.146 e. The Morgan fingerprint density at radius 1 is 1.25 bits per heavy atom. The van der Waals surface area contributed by atoms with Gasteiger partial charge in [-0.15, -0.1) is 0 Å². The zero-order valence-electron chi connectivity index (χ0n) is 12.8. The Bertz CT molecular complexity index is 396. The van der Waals surface area contributed by atoms with Crippen molar-refractivity contribution in [3.63, 3.8) is 0 Å². The van der Waals surface area contributed by atoms with Crippen LogP contribution in [0.2, 0.25) is 0 Å². The first kappa shape index (κ1) is 16.9. The second kappa shape index (κ2) is 8.93. The highest BCUT2D eigenvalue weighted by molar-refractivity contribution is 5.48. The molecule has 0 radical (unpaired) electrons. The molecule has 0 aromatic heterocycles. The molecule has 3 nitrogen and oxygen atoms in total. The third-order valence-electron chi connectivity index (χ3n) is 3.29. The summed E-state index contributed by atoms with van der Waals surface area (Å²) in [6, 6.07) is 5.82. The van der Waals surface area contributed by atoms with Crippen LogP contribution in [0.15, 0.2) is 18.2 Å². The van der Waals surface area contributed by atoms with E-state index in [0.29, 0.717) is 18.3 Å². The highest BCUT2D eigenvalue weighted by Gasteiger charge is 2.08. The summed E-state index contributed by atoms with van der Waals surface area (Å²) in [5.74, 6) is -0.169. The minimum absolute atomic E-state index is 0.169. The largest absolute Gasteiger partial charge is 0.396 e. The van der Waals surface area contributed by atoms with Gasteiger partial charge >= 0.3 is 0 Å². The van der Waals surface area contributed by atoms with Gasteiger partial charge in [0.25, 0.3) is 0 Å². The minimum Gasteiger partial charge on any atom is -0.396 e. The maximum atomic E-state index is 14.1. The fourth-order valence-corrected chi connectivity index (χ4v) is 2.05. The third kappa shape index (κ3) is 5.88. The molecule has 1 aromatic rings. The Balaban J connectivity index is 2.53. The van der Waals surface area contributed by atoms with E-state index in [1.165, 1.54) is 0 Å². The average Bonchev–Trinajstić information content (AvgIpc) is 2.41. The predicted octanol–water partition coefficient (Wildman–Crippen LogP) is 2.92. The second-order valence-corrected chi connectivity index (χ2v) is 5.53. The van der Waals surface area contributed by atoms with Gasteiger partial charge in [-0.1, -0.05) is 19.9 Å². The molecule has 0 amide bonds. The molecule has 0 aliphatic carbocycles. The number of unbranched alkanes of at least 4 members (excludes halogenated alkanes) is 2. The van der Waals surface area contributed by atoms with Crippen LogP contribution in [0.1, 0.15) is 38.7 Å². The van der Waals surface area contributed by atoms with Gasteiger partial charge in [-0.25, -0.2) is 4.39 Å². The molecule has 2 N–H and O–H groups in total. The van der Waals surface area contributed by atoms with E-state index in [2.05, 4.69) is 19.2 Å². The average molecular weight is 282 g/mol. The number of aliphatic hydroxyl groups excluding tert-OH is 1. The fraction of sp³-hybridized carbons (Fsp3) is 0.625. The predicted molar refractivity (Wildman–Crippen MR) is 82.6 cm³/mol. The summed E-state index contributed by atoms with van der Waals surface area (Å²) in [4.78, 5) is 1.94. The topological polar surface area (TPSA) is 35.5 Å². The lowest BCUT2D eigenvalue weighted by Crippen LogP contribution is -2.22. The normalized spacial score (nSPS) is 11.1. The second-order valence-electron chi connectivity index (χ2n) is 5.53.